The normalized spacial score (nSPS) is 11.0. The summed E-state index contributed by atoms with van der Waals surface area (Å²) < 4.78 is 1.94. The molecule has 0 atom stereocenters. The standard InChI is InChI=1S/C16H16N4O2/c1-10-3-4-13-16(11(10)2)19-14(5-6-15(21)22)20(13)12-7-17-9-18-8-12/h3-4,7-9H,5-6H2,1-2H3,(H,21,22). The number of hydrogen-bond acceptors (Lipinski definition) is 4. The third kappa shape index (κ3) is 2.43. The van der Waals surface area contributed by atoms with E-state index in [4.69, 9.17) is 5.11 Å². The van der Waals surface area contributed by atoms with Crippen LogP contribution in [-0.4, -0.2) is 30.6 Å². The van der Waals surface area contributed by atoms with Gasteiger partial charge in [-0.15, -0.1) is 0 Å². The highest BCUT2D eigenvalue weighted by Crippen LogP contribution is 2.26. The highest BCUT2D eigenvalue weighted by Gasteiger charge is 2.16. The van der Waals surface area contributed by atoms with Crippen molar-refractivity contribution < 1.29 is 9.90 Å². The van der Waals surface area contributed by atoms with Crippen LogP contribution in [0.25, 0.3) is 16.7 Å². The van der Waals surface area contributed by atoms with Gasteiger partial charge < -0.3 is 5.11 Å². The lowest BCUT2D eigenvalue weighted by Crippen LogP contribution is -2.05. The second-order valence-corrected chi connectivity index (χ2v) is 5.23. The number of aliphatic carboxylic acids is 1. The molecule has 1 aromatic carbocycles. The average Bonchev–Trinajstić information content (AvgIpc) is 2.89. The Hall–Kier alpha value is -2.76. The van der Waals surface area contributed by atoms with Crippen LogP contribution in [0.3, 0.4) is 0 Å². The second-order valence-electron chi connectivity index (χ2n) is 5.23. The molecular weight excluding hydrogens is 280 g/mol. The van der Waals surface area contributed by atoms with Crippen molar-refractivity contribution >= 4 is 17.0 Å². The number of carbonyl (C=O) groups is 1. The van der Waals surface area contributed by atoms with E-state index in [9.17, 15) is 4.79 Å². The first kappa shape index (κ1) is 14.2. The van der Waals surface area contributed by atoms with Gasteiger partial charge in [0.25, 0.3) is 0 Å². The van der Waals surface area contributed by atoms with Gasteiger partial charge in [-0.25, -0.2) is 15.0 Å². The molecule has 3 aromatic rings. The number of carboxylic acid groups (broad SMARTS) is 1. The highest BCUT2D eigenvalue weighted by atomic mass is 16.4. The Morgan fingerprint density at radius 3 is 2.64 bits per heavy atom. The summed E-state index contributed by atoms with van der Waals surface area (Å²) >= 11 is 0. The van der Waals surface area contributed by atoms with Crippen LogP contribution >= 0.6 is 0 Å². The maximum Gasteiger partial charge on any atom is 0.303 e. The number of fused-ring (bicyclic) bond motifs is 1. The fourth-order valence-corrected chi connectivity index (χ4v) is 2.51. The van der Waals surface area contributed by atoms with Gasteiger partial charge in [0.1, 0.15) is 12.2 Å². The van der Waals surface area contributed by atoms with E-state index >= 15 is 0 Å². The summed E-state index contributed by atoms with van der Waals surface area (Å²) in [6, 6.07) is 4.04. The minimum absolute atomic E-state index is 0.0367. The van der Waals surface area contributed by atoms with Gasteiger partial charge in [-0.05, 0) is 31.0 Å². The molecule has 0 fully saturated rings. The van der Waals surface area contributed by atoms with Gasteiger partial charge in [-0.2, -0.15) is 0 Å². The Bertz CT molecular complexity index is 840. The minimum Gasteiger partial charge on any atom is -0.481 e. The lowest BCUT2D eigenvalue weighted by atomic mass is 10.1. The molecule has 0 amide bonds. The third-order valence-electron chi connectivity index (χ3n) is 3.79. The van der Waals surface area contributed by atoms with Crippen molar-refractivity contribution in [2.75, 3.05) is 0 Å². The Balaban J connectivity index is 2.24. The molecule has 3 rings (SSSR count). The molecule has 0 saturated heterocycles. The van der Waals surface area contributed by atoms with Crippen LogP contribution in [0.4, 0.5) is 0 Å². The number of rotatable bonds is 4. The lowest BCUT2D eigenvalue weighted by molar-refractivity contribution is -0.137. The Morgan fingerprint density at radius 1 is 1.23 bits per heavy atom. The monoisotopic (exact) mass is 296 g/mol. The van der Waals surface area contributed by atoms with E-state index in [2.05, 4.69) is 15.0 Å². The SMILES string of the molecule is Cc1ccc2c(nc(CCC(=O)O)n2-c2cncnc2)c1C. The topological polar surface area (TPSA) is 80.9 Å². The summed E-state index contributed by atoms with van der Waals surface area (Å²) in [6.45, 7) is 4.06. The predicted octanol–water partition coefficient (Wildman–Crippen LogP) is 2.45. The Kier molecular flexibility index (Phi) is 3.58. The predicted molar refractivity (Wildman–Crippen MR) is 82.1 cm³/mol. The average molecular weight is 296 g/mol. The van der Waals surface area contributed by atoms with Crippen LogP contribution in [-0.2, 0) is 11.2 Å². The zero-order chi connectivity index (χ0) is 15.7. The van der Waals surface area contributed by atoms with Crippen LogP contribution in [0.2, 0.25) is 0 Å². The summed E-state index contributed by atoms with van der Waals surface area (Å²) in [5.41, 5.74) is 4.88. The van der Waals surface area contributed by atoms with Crippen LogP contribution in [0.1, 0.15) is 23.4 Å². The minimum atomic E-state index is -0.837. The molecule has 22 heavy (non-hydrogen) atoms. The molecule has 0 spiro atoms. The molecule has 0 aliphatic carbocycles. The zero-order valence-corrected chi connectivity index (χ0v) is 12.4. The Labute approximate surface area is 127 Å². The van der Waals surface area contributed by atoms with Gasteiger partial charge in [0, 0.05) is 6.42 Å². The molecule has 0 bridgehead atoms. The van der Waals surface area contributed by atoms with Gasteiger partial charge in [0.2, 0.25) is 0 Å². The van der Waals surface area contributed by atoms with Crippen LogP contribution in [0.15, 0.2) is 30.9 Å². The molecule has 0 unspecified atom stereocenters. The van der Waals surface area contributed by atoms with Gasteiger partial charge in [0.05, 0.1) is 35.5 Å². The molecule has 0 aliphatic heterocycles. The van der Waals surface area contributed by atoms with E-state index in [1.54, 1.807) is 12.4 Å². The van der Waals surface area contributed by atoms with Crippen LogP contribution in [0, 0.1) is 13.8 Å². The molecule has 112 valence electrons. The summed E-state index contributed by atoms with van der Waals surface area (Å²) in [5.74, 6) is -0.128. The molecule has 1 N–H and O–H groups in total. The van der Waals surface area contributed by atoms with Gasteiger partial charge in [0.15, 0.2) is 0 Å². The van der Waals surface area contributed by atoms with E-state index in [1.165, 1.54) is 6.33 Å². The van der Waals surface area contributed by atoms with Crippen molar-refractivity contribution in [3.63, 3.8) is 0 Å². The first-order valence-corrected chi connectivity index (χ1v) is 7.02. The molecular formula is C16H16N4O2. The van der Waals surface area contributed by atoms with E-state index < -0.39 is 5.97 Å². The second kappa shape index (κ2) is 5.55. The molecule has 0 aliphatic rings. The number of benzene rings is 1. The quantitative estimate of drug-likeness (QED) is 0.799. The maximum absolute atomic E-state index is 10.9. The number of hydrogen-bond donors (Lipinski definition) is 1. The molecule has 2 aromatic heterocycles. The number of nitrogens with zero attached hydrogens (tertiary/aromatic N) is 4. The summed E-state index contributed by atoms with van der Waals surface area (Å²) in [4.78, 5) is 23.7. The van der Waals surface area contributed by atoms with E-state index in [-0.39, 0.29) is 6.42 Å². The largest absolute Gasteiger partial charge is 0.481 e. The smallest absolute Gasteiger partial charge is 0.303 e. The molecule has 6 nitrogen and oxygen atoms in total. The van der Waals surface area contributed by atoms with E-state index in [0.29, 0.717) is 12.2 Å². The first-order chi connectivity index (χ1) is 10.6. The Morgan fingerprint density at radius 2 is 1.95 bits per heavy atom. The number of imidazole rings is 1. The van der Waals surface area contributed by atoms with Crippen molar-refractivity contribution in [1.29, 1.82) is 0 Å². The zero-order valence-electron chi connectivity index (χ0n) is 12.4. The van der Waals surface area contributed by atoms with Crippen molar-refractivity contribution in [3.8, 4) is 5.69 Å². The number of aromatic nitrogens is 4. The van der Waals surface area contributed by atoms with Gasteiger partial charge in [-0.3, -0.25) is 9.36 Å². The van der Waals surface area contributed by atoms with Crippen molar-refractivity contribution in [2.45, 2.75) is 26.7 Å². The van der Waals surface area contributed by atoms with E-state index in [1.807, 2.05) is 30.5 Å². The van der Waals surface area contributed by atoms with Crippen LogP contribution in [0.5, 0.6) is 0 Å². The summed E-state index contributed by atoms with van der Waals surface area (Å²) in [5, 5.41) is 8.95. The molecule has 0 saturated carbocycles. The fraction of sp³-hybridized carbons (Fsp3) is 0.250. The summed E-state index contributed by atoms with van der Waals surface area (Å²) in [6.07, 6.45) is 5.27. The maximum atomic E-state index is 10.9. The molecule has 6 heteroatoms. The molecule has 2 heterocycles. The van der Waals surface area contributed by atoms with Gasteiger partial charge in [-0.1, -0.05) is 6.07 Å². The third-order valence-corrected chi connectivity index (χ3v) is 3.79. The lowest BCUT2D eigenvalue weighted by Gasteiger charge is -2.08. The van der Waals surface area contributed by atoms with E-state index in [0.717, 1.165) is 27.8 Å². The molecule has 0 radical (unpaired) electrons. The number of carboxylic acids is 1. The highest BCUT2D eigenvalue weighted by molar-refractivity contribution is 5.82. The summed E-state index contributed by atoms with van der Waals surface area (Å²) in [7, 11) is 0. The van der Waals surface area contributed by atoms with Gasteiger partial charge >= 0.3 is 5.97 Å². The van der Waals surface area contributed by atoms with Crippen LogP contribution < -0.4 is 0 Å². The van der Waals surface area contributed by atoms with Crippen molar-refractivity contribution in [1.82, 2.24) is 19.5 Å². The van der Waals surface area contributed by atoms with Crippen molar-refractivity contribution in [3.05, 3.63) is 47.8 Å². The fourth-order valence-electron chi connectivity index (χ4n) is 2.51. The first-order valence-electron chi connectivity index (χ1n) is 7.02. The van der Waals surface area contributed by atoms with Crippen molar-refractivity contribution in [2.24, 2.45) is 0 Å². The number of aryl methyl sites for hydroxylation is 3.